The molecule has 0 aliphatic carbocycles. The molecule has 7 nitrogen and oxygen atoms in total. The van der Waals surface area contributed by atoms with Crippen molar-refractivity contribution in [2.45, 2.75) is 32.2 Å². The molecule has 0 saturated heterocycles. The third-order valence-corrected chi connectivity index (χ3v) is 5.10. The van der Waals surface area contributed by atoms with Gasteiger partial charge in [-0.25, -0.2) is 9.97 Å². The molecule has 0 radical (unpaired) electrons. The van der Waals surface area contributed by atoms with Crippen molar-refractivity contribution >= 4 is 10.9 Å². The molecule has 1 unspecified atom stereocenters. The first-order valence-electron chi connectivity index (χ1n) is 9.89. The van der Waals surface area contributed by atoms with Crippen LogP contribution >= 0.6 is 0 Å². The summed E-state index contributed by atoms with van der Waals surface area (Å²) in [7, 11) is 1.68. The summed E-state index contributed by atoms with van der Waals surface area (Å²) < 4.78 is 31.8. The van der Waals surface area contributed by atoms with E-state index in [0.717, 1.165) is 5.56 Å². The zero-order valence-electron chi connectivity index (χ0n) is 17.7. The van der Waals surface area contributed by atoms with Crippen LogP contribution in [0.4, 0.5) is 8.78 Å². The van der Waals surface area contributed by atoms with Gasteiger partial charge in [0.25, 0.3) is 0 Å². The number of rotatable bonds is 6. The molecule has 166 valence electrons. The van der Waals surface area contributed by atoms with Crippen LogP contribution < -0.4 is 4.74 Å². The van der Waals surface area contributed by atoms with Crippen LogP contribution in [0.15, 0.2) is 54.9 Å². The lowest BCUT2D eigenvalue weighted by molar-refractivity contribution is -0.0513. The monoisotopic (exact) mass is 440 g/mol. The van der Waals surface area contributed by atoms with E-state index in [-0.39, 0.29) is 11.3 Å². The molecular formula is C23H22F2N4O3. The summed E-state index contributed by atoms with van der Waals surface area (Å²) in [6.45, 7) is 0.199. The molecule has 2 N–H and O–H groups in total. The van der Waals surface area contributed by atoms with E-state index in [0.29, 0.717) is 28.0 Å². The Balaban J connectivity index is 1.78. The van der Waals surface area contributed by atoms with Gasteiger partial charge in [-0.1, -0.05) is 24.3 Å². The Hall–Kier alpha value is -3.43. The van der Waals surface area contributed by atoms with Crippen LogP contribution in [0.25, 0.3) is 22.0 Å². The number of aliphatic hydroxyl groups excluding tert-OH is 1. The molecule has 2 aromatic carbocycles. The van der Waals surface area contributed by atoms with Crippen molar-refractivity contribution in [1.29, 1.82) is 0 Å². The number of aryl methyl sites for hydroxylation is 1. The van der Waals surface area contributed by atoms with Gasteiger partial charge in [0.15, 0.2) is 5.82 Å². The Kier molecular flexibility index (Phi) is 5.62. The van der Waals surface area contributed by atoms with Gasteiger partial charge in [-0.15, -0.1) is 0 Å². The lowest BCUT2D eigenvalue weighted by atomic mass is 10.00. The molecular weight excluding hydrogens is 418 g/mol. The van der Waals surface area contributed by atoms with Gasteiger partial charge in [-0.2, -0.15) is 13.9 Å². The summed E-state index contributed by atoms with van der Waals surface area (Å²) in [5, 5.41) is 26.2. The average Bonchev–Trinajstić information content (AvgIpc) is 3.07. The number of aromatic nitrogens is 4. The molecule has 4 aromatic rings. The van der Waals surface area contributed by atoms with E-state index < -0.39 is 18.3 Å². The van der Waals surface area contributed by atoms with Crippen molar-refractivity contribution in [1.82, 2.24) is 19.7 Å². The maximum absolute atomic E-state index is 12.8. The second-order valence-electron chi connectivity index (χ2n) is 7.91. The maximum atomic E-state index is 12.8. The molecule has 1 atom stereocenters. The van der Waals surface area contributed by atoms with Crippen molar-refractivity contribution in [2.24, 2.45) is 7.05 Å². The van der Waals surface area contributed by atoms with Gasteiger partial charge in [-0.05, 0) is 37.6 Å². The first kappa shape index (κ1) is 21.8. The zero-order chi connectivity index (χ0) is 23.0. The van der Waals surface area contributed by atoms with Crippen LogP contribution in [-0.2, 0) is 12.6 Å². The van der Waals surface area contributed by atoms with Crippen molar-refractivity contribution in [3.8, 4) is 16.9 Å². The minimum atomic E-state index is -3.01. The van der Waals surface area contributed by atoms with E-state index in [1.54, 1.807) is 51.5 Å². The maximum Gasteiger partial charge on any atom is 0.387 e. The Morgan fingerprint density at radius 2 is 1.72 bits per heavy atom. The number of fused-ring (bicyclic) bond motifs is 1. The highest BCUT2D eigenvalue weighted by atomic mass is 19.3. The van der Waals surface area contributed by atoms with Gasteiger partial charge in [0, 0.05) is 36.0 Å². The van der Waals surface area contributed by atoms with E-state index in [1.165, 1.54) is 16.8 Å². The Bertz CT molecular complexity index is 1250. The standard InChI is InChI=1S/C23H22F2N4O3/c1-23(2,31)21-26-11-14(12-27-21)13-8-9-17-16(10-13)19(29(3)28-17)20(30)15-6-4-5-7-18(15)32-22(24)25/h4-12,20,22,30-31H,1-3H3. The van der Waals surface area contributed by atoms with Crippen LogP contribution in [0.5, 0.6) is 5.75 Å². The number of benzene rings is 2. The largest absolute Gasteiger partial charge is 0.434 e. The van der Waals surface area contributed by atoms with Gasteiger partial charge in [0.2, 0.25) is 0 Å². The third kappa shape index (κ3) is 4.17. The fourth-order valence-electron chi connectivity index (χ4n) is 3.57. The number of alkyl halides is 2. The molecule has 0 bridgehead atoms. The first-order valence-corrected chi connectivity index (χ1v) is 9.89. The van der Waals surface area contributed by atoms with Gasteiger partial charge >= 0.3 is 6.61 Å². The number of aliphatic hydroxyl groups is 2. The summed E-state index contributed by atoms with van der Waals surface area (Å²) >= 11 is 0. The topological polar surface area (TPSA) is 93.3 Å². The Morgan fingerprint density at radius 1 is 1.03 bits per heavy atom. The van der Waals surface area contributed by atoms with Crippen molar-refractivity contribution in [3.05, 3.63) is 71.9 Å². The SMILES string of the molecule is Cn1nc2ccc(-c3cnc(C(C)(C)O)nc3)cc2c1C(O)c1ccccc1OC(F)F. The number of hydrogen-bond donors (Lipinski definition) is 2. The van der Waals surface area contributed by atoms with Crippen molar-refractivity contribution < 1.29 is 23.7 Å². The van der Waals surface area contributed by atoms with Crippen molar-refractivity contribution in [2.75, 3.05) is 0 Å². The quantitative estimate of drug-likeness (QED) is 0.472. The predicted octanol–water partition coefficient (Wildman–Crippen LogP) is 3.94. The molecule has 0 aliphatic rings. The number of para-hydroxylation sites is 1. The highest BCUT2D eigenvalue weighted by molar-refractivity contribution is 5.87. The second kappa shape index (κ2) is 8.25. The zero-order valence-corrected chi connectivity index (χ0v) is 17.7. The van der Waals surface area contributed by atoms with Crippen LogP contribution in [0.1, 0.15) is 37.0 Å². The molecule has 0 amide bonds. The minimum absolute atomic E-state index is 0.101. The smallest absolute Gasteiger partial charge is 0.387 e. The molecule has 2 heterocycles. The second-order valence-corrected chi connectivity index (χ2v) is 7.91. The van der Waals surface area contributed by atoms with Gasteiger partial charge in [-0.3, -0.25) is 4.68 Å². The molecule has 0 aliphatic heterocycles. The molecule has 4 rings (SSSR count). The summed E-state index contributed by atoms with van der Waals surface area (Å²) in [5.74, 6) is 0.201. The summed E-state index contributed by atoms with van der Waals surface area (Å²) in [4.78, 5) is 8.47. The molecule has 0 saturated carbocycles. The van der Waals surface area contributed by atoms with E-state index in [9.17, 15) is 19.0 Å². The average molecular weight is 440 g/mol. The van der Waals surface area contributed by atoms with Gasteiger partial charge in [0.1, 0.15) is 17.5 Å². The van der Waals surface area contributed by atoms with Crippen LogP contribution in [0, 0.1) is 0 Å². The van der Waals surface area contributed by atoms with E-state index in [4.69, 9.17) is 0 Å². The van der Waals surface area contributed by atoms with E-state index in [2.05, 4.69) is 19.8 Å². The summed E-state index contributed by atoms with van der Waals surface area (Å²) in [6, 6.07) is 11.6. The molecule has 9 heteroatoms. The normalized spacial score (nSPS) is 13.0. The van der Waals surface area contributed by atoms with Crippen molar-refractivity contribution in [3.63, 3.8) is 0 Å². The third-order valence-electron chi connectivity index (χ3n) is 5.10. The van der Waals surface area contributed by atoms with E-state index >= 15 is 0 Å². The molecule has 32 heavy (non-hydrogen) atoms. The molecule has 0 fully saturated rings. The predicted molar refractivity (Wildman–Crippen MR) is 114 cm³/mol. The highest BCUT2D eigenvalue weighted by Crippen LogP contribution is 2.35. The van der Waals surface area contributed by atoms with Crippen LogP contribution in [0.3, 0.4) is 0 Å². The lowest BCUT2D eigenvalue weighted by Gasteiger charge is -2.17. The molecule has 0 spiro atoms. The highest BCUT2D eigenvalue weighted by Gasteiger charge is 2.24. The fourth-order valence-corrected chi connectivity index (χ4v) is 3.57. The fraction of sp³-hybridized carbons (Fsp3) is 0.261. The molecule has 2 aromatic heterocycles. The Labute approximate surface area is 182 Å². The van der Waals surface area contributed by atoms with Crippen LogP contribution in [0.2, 0.25) is 0 Å². The van der Waals surface area contributed by atoms with Gasteiger partial charge in [0.05, 0.1) is 11.2 Å². The van der Waals surface area contributed by atoms with E-state index in [1.807, 2.05) is 12.1 Å². The van der Waals surface area contributed by atoms with Crippen LogP contribution in [-0.4, -0.2) is 36.6 Å². The first-order chi connectivity index (χ1) is 15.1. The minimum Gasteiger partial charge on any atom is -0.434 e. The number of hydrogen-bond acceptors (Lipinski definition) is 6. The van der Waals surface area contributed by atoms with Gasteiger partial charge < -0.3 is 14.9 Å². The number of ether oxygens (including phenoxy) is 1. The Morgan fingerprint density at radius 3 is 2.38 bits per heavy atom. The lowest BCUT2D eigenvalue weighted by Crippen LogP contribution is -2.19. The summed E-state index contributed by atoms with van der Waals surface area (Å²) in [5.41, 5.74) is 1.61. The number of nitrogens with zero attached hydrogens (tertiary/aromatic N) is 4. The summed E-state index contributed by atoms with van der Waals surface area (Å²) in [6.07, 6.45) is 1.98. The number of halogens is 2.